The van der Waals surface area contributed by atoms with E-state index in [4.69, 9.17) is 0 Å². The molecule has 0 aliphatic carbocycles. The van der Waals surface area contributed by atoms with Crippen LogP contribution in [0, 0.1) is 6.92 Å². The van der Waals surface area contributed by atoms with E-state index in [1.165, 1.54) is 0 Å². The molecule has 23 heavy (non-hydrogen) atoms. The van der Waals surface area contributed by atoms with Gasteiger partial charge in [0.15, 0.2) is 0 Å². The number of aryl methyl sites for hydroxylation is 1. The second-order valence-corrected chi connectivity index (χ2v) is 5.33. The lowest BCUT2D eigenvalue weighted by Crippen LogP contribution is -2.30. The van der Waals surface area contributed by atoms with Crippen LogP contribution in [-0.2, 0) is 6.18 Å². The van der Waals surface area contributed by atoms with Crippen LogP contribution in [0.15, 0.2) is 0 Å². The molecule has 0 saturated carbocycles. The van der Waals surface area contributed by atoms with Gasteiger partial charge in [-0.1, -0.05) is 0 Å². The van der Waals surface area contributed by atoms with Crippen LogP contribution in [0.25, 0.3) is 0 Å². The van der Waals surface area contributed by atoms with Crippen LogP contribution in [0.4, 0.5) is 27.8 Å². The summed E-state index contributed by atoms with van der Waals surface area (Å²) in [5.74, 6) is -6.36. The van der Waals surface area contributed by atoms with Crippen molar-refractivity contribution in [3.8, 4) is 0 Å². The number of halogens is 5. The Labute approximate surface area is 128 Å². The summed E-state index contributed by atoms with van der Waals surface area (Å²) in [6.45, 7) is 0.848. The van der Waals surface area contributed by atoms with E-state index in [9.17, 15) is 31.9 Å². The summed E-state index contributed by atoms with van der Waals surface area (Å²) in [4.78, 5) is 19.0. The van der Waals surface area contributed by atoms with Crippen molar-refractivity contribution < 1.29 is 31.9 Å². The van der Waals surface area contributed by atoms with Crippen molar-refractivity contribution in [3.63, 3.8) is 0 Å². The normalized spacial score (nSPS) is 18.6. The molecular formula is C13H14F5N3O2. The highest BCUT2D eigenvalue weighted by atomic mass is 19.4. The first-order chi connectivity index (χ1) is 10.5. The van der Waals surface area contributed by atoms with Crippen molar-refractivity contribution in [1.29, 1.82) is 0 Å². The first kappa shape index (κ1) is 17.4. The Hall–Kier alpha value is -2.00. The van der Waals surface area contributed by atoms with Crippen LogP contribution in [0.5, 0.6) is 0 Å². The molecule has 1 fully saturated rings. The molecule has 1 aromatic heterocycles. The number of aromatic nitrogens is 2. The van der Waals surface area contributed by atoms with E-state index in [2.05, 4.69) is 9.97 Å². The zero-order valence-electron chi connectivity index (χ0n) is 12.1. The van der Waals surface area contributed by atoms with Gasteiger partial charge in [0.1, 0.15) is 11.4 Å². The summed E-state index contributed by atoms with van der Waals surface area (Å²) in [7, 11) is 0. The summed E-state index contributed by atoms with van der Waals surface area (Å²) in [5.41, 5.74) is -0.853. The molecule has 2 heterocycles. The Balaban J connectivity index is 2.50. The van der Waals surface area contributed by atoms with Crippen LogP contribution in [0.3, 0.4) is 0 Å². The molecule has 1 aliphatic rings. The van der Waals surface area contributed by atoms with E-state index in [-0.39, 0.29) is 25.2 Å². The number of anilines is 1. The molecule has 0 amide bonds. The third kappa shape index (κ3) is 3.85. The molecule has 0 atom stereocenters. The smallest absolute Gasteiger partial charge is 0.451 e. The van der Waals surface area contributed by atoms with Gasteiger partial charge in [0, 0.05) is 25.9 Å². The van der Waals surface area contributed by atoms with E-state index in [1.807, 2.05) is 0 Å². The number of hydrogen-bond acceptors (Lipinski definition) is 4. The summed E-state index contributed by atoms with van der Waals surface area (Å²) in [6, 6.07) is 0. The average molecular weight is 339 g/mol. The Morgan fingerprint density at radius 1 is 1.22 bits per heavy atom. The maximum atomic E-state index is 13.4. The third-order valence-corrected chi connectivity index (χ3v) is 3.56. The minimum absolute atomic E-state index is 0.00359. The van der Waals surface area contributed by atoms with Crippen molar-refractivity contribution in [2.24, 2.45) is 0 Å². The van der Waals surface area contributed by atoms with Crippen molar-refractivity contribution in [1.82, 2.24) is 9.97 Å². The van der Waals surface area contributed by atoms with E-state index in [1.54, 1.807) is 0 Å². The highest BCUT2D eigenvalue weighted by Crippen LogP contribution is 2.33. The van der Waals surface area contributed by atoms with Crippen LogP contribution in [0.1, 0.15) is 41.1 Å². The first-order valence-electron chi connectivity index (χ1n) is 6.83. The van der Waals surface area contributed by atoms with Crippen molar-refractivity contribution in [2.75, 3.05) is 18.0 Å². The number of carbonyl (C=O) groups is 1. The largest absolute Gasteiger partial charge is 0.477 e. The second kappa shape index (κ2) is 5.89. The number of alkyl halides is 5. The monoisotopic (exact) mass is 339 g/mol. The lowest BCUT2D eigenvalue weighted by atomic mass is 10.1. The molecule has 0 spiro atoms. The van der Waals surface area contributed by atoms with Gasteiger partial charge in [0.05, 0.1) is 5.69 Å². The Kier molecular flexibility index (Phi) is 4.45. The first-order valence-corrected chi connectivity index (χ1v) is 6.83. The van der Waals surface area contributed by atoms with Gasteiger partial charge in [-0.3, -0.25) is 0 Å². The summed E-state index contributed by atoms with van der Waals surface area (Å²) in [5, 5.41) is 9.21. The number of nitrogens with zero attached hydrogens (tertiary/aromatic N) is 3. The van der Waals surface area contributed by atoms with Gasteiger partial charge in [0.25, 0.3) is 0 Å². The van der Waals surface area contributed by atoms with Gasteiger partial charge < -0.3 is 10.0 Å². The van der Waals surface area contributed by atoms with E-state index >= 15 is 0 Å². The molecule has 2 rings (SSSR count). The Bertz CT molecular complexity index is 618. The minimum Gasteiger partial charge on any atom is -0.477 e. The molecule has 0 bridgehead atoms. The van der Waals surface area contributed by atoms with E-state index in [0.29, 0.717) is 0 Å². The minimum atomic E-state index is -4.85. The van der Waals surface area contributed by atoms with Crippen LogP contribution >= 0.6 is 0 Å². The van der Waals surface area contributed by atoms with Gasteiger partial charge in [-0.2, -0.15) is 13.2 Å². The molecular weight excluding hydrogens is 325 g/mol. The van der Waals surface area contributed by atoms with Gasteiger partial charge in [-0.25, -0.2) is 23.5 Å². The number of carboxylic acid groups (broad SMARTS) is 1. The predicted molar refractivity (Wildman–Crippen MR) is 69.7 cm³/mol. The molecule has 0 radical (unpaired) electrons. The highest BCUT2D eigenvalue weighted by Gasteiger charge is 2.38. The molecule has 5 nitrogen and oxygen atoms in total. The van der Waals surface area contributed by atoms with Crippen LogP contribution < -0.4 is 4.90 Å². The fourth-order valence-electron chi connectivity index (χ4n) is 2.44. The fraction of sp³-hybridized carbons (Fsp3) is 0.615. The molecule has 1 saturated heterocycles. The van der Waals surface area contributed by atoms with Gasteiger partial charge in [-0.15, -0.1) is 0 Å². The summed E-state index contributed by atoms with van der Waals surface area (Å²) >= 11 is 0. The number of aromatic carboxylic acids is 1. The Morgan fingerprint density at radius 3 is 2.43 bits per heavy atom. The third-order valence-electron chi connectivity index (χ3n) is 3.56. The summed E-state index contributed by atoms with van der Waals surface area (Å²) < 4.78 is 65.3. The SMILES string of the molecule is Cc1nc(C(F)(F)F)nc(N2CCCC(F)(F)CC2)c1C(=O)O. The molecule has 128 valence electrons. The maximum Gasteiger partial charge on any atom is 0.451 e. The number of rotatable bonds is 2. The quantitative estimate of drug-likeness (QED) is 0.839. The number of carboxylic acids is 1. The topological polar surface area (TPSA) is 66.3 Å². The van der Waals surface area contributed by atoms with Crippen molar-refractivity contribution in [2.45, 2.75) is 38.3 Å². The van der Waals surface area contributed by atoms with Crippen LogP contribution in [-0.4, -0.2) is 40.1 Å². The molecule has 0 unspecified atom stereocenters. The van der Waals surface area contributed by atoms with Crippen molar-refractivity contribution in [3.05, 3.63) is 17.1 Å². The highest BCUT2D eigenvalue weighted by molar-refractivity contribution is 5.94. The van der Waals surface area contributed by atoms with Crippen molar-refractivity contribution >= 4 is 11.8 Å². The lowest BCUT2D eigenvalue weighted by molar-refractivity contribution is -0.145. The lowest BCUT2D eigenvalue weighted by Gasteiger charge is -2.24. The van der Waals surface area contributed by atoms with Gasteiger partial charge in [-0.05, 0) is 13.3 Å². The number of hydrogen-bond donors (Lipinski definition) is 1. The molecule has 0 aromatic carbocycles. The van der Waals surface area contributed by atoms with Crippen LogP contribution in [0.2, 0.25) is 0 Å². The molecule has 1 aliphatic heterocycles. The van der Waals surface area contributed by atoms with Gasteiger partial charge in [0.2, 0.25) is 11.7 Å². The van der Waals surface area contributed by atoms with Gasteiger partial charge >= 0.3 is 12.1 Å². The standard InChI is InChI=1S/C13H14F5N3O2/c1-7-8(10(22)23)9(20-11(19-7)13(16,17)18)21-5-2-3-12(14,15)4-6-21/h2-6H2,1H3,(H,22,23). The molecule has 1 aromatic rings. The second-order valence-electron chi connectivity index (χ2n) is 5.33. The summed E-state index contributed by atoms with van der Waals surface area (Å²) in [6.07, 6.45) is -5.80. The molecule has 10 heteroatoms. The fourth-order valence-corrected chi connectivity index (χ4v) is 2.44. The predicted octanol–water partition coefficient (Wildman–Crippen LogP) is 3.13. The maximum absolute atomic E-state index is 13.4. The Morgan fingerprint density at radius 2 is 1.87 bits per heavy atom. The van der Waals surface area contributed by atoms with E-state index in [0.717, 1.165) is 11.8 Å². The van der Waals surface area contributed by atoms with E-state index < -0.39 is 48.1 Å². The average Bonchev–Trinajstić information content (AvgIpc) is 2.57. The zero-order chi connectivity index (χ0) is 17.4. The zero-order valence-corrected chi connectivity index (χ0v) is 12.1. The molecule has 1 N–H and O–H groups in total.